The molecule has 0 amide bonds. The topological polar surface area (TPSA) is 55.1 Å². The first-order valence-electron chi connectivity index (χ1n) is 4.53. The van der Waals surface area contributed by atoms with Crippen LogP contribution < -0.4 is 0 Å². The van der Waals surface area contributed by atoms with Crippen LogP contribution in [0.3, 0.4) is 0 Å². The van der Waals surface area contributed by atoms with E-state index in [-0.39, 0.29) is 5.56 Å². The molecule has 0 saturated heterocycles. The molecule has 1 heterocycles. The second kappa shape index (κ2) is 3.57. The summed E-state index contributed by atoms with van der Waals surface area (Å²) in [4.78, 5) is 10.6. The maximum Gasteiger partial charge on any atom is 0.335 e. The van der Waals surface area contributed by atoms with Crippen LogP contribution in [0.15, 0.2) is 36.5 Å². The molecule has 1 N–H and O–H groups in total. The van der Waals surface area contributed by atoms with Crippen LogP contribution in [-0.4, -0.2) is 20.9 Å². The van der Waals surface area contributed by atoms with Gasteiger partial charge < -0.3 is 5.11 Å². The minimum atomic E-state index is -0.918. The third-order valence-corrected chi connectivity index (χ3v) is 2.10. The Morgan fingerprint density at radius 2 is 1.93 bits per heavy atom. The van der Waals surface area contributed by atoms with E-state index in [1.807, 2.05) is 19.2 Å². The van der Waals surface area contributed by atoms with E-state index in [9.17, 15) is 4.79 Å². The number of benzene rings is 1. The van der Waals surface area contributed by atoms with Crippen LogP contribution >= 0.6 is 0 Å². The fourth-order valence-electron chi connectivity index (χ4n) is 1.32. The van der Waals surface area contributed by atoms with Crippen molar-refractivity contribution in [1.82, 2.24) is 9.78 Å². The van der Waals surface area contributed by atoms with E-state index in [0.29, 0.717) is 0 Å². The van der Waals surface area contributed by atoms with Crippen LogP contribution in [0.5, 0.6) is 0 Å². The summed E-state index contributed by atoms with van der Waals surface area (Å²) in [6.07, 6.45) is 1.84. The number of rotatable bonds is 2. The number of hydrogen-bond acceptors (Lipinski definition) is 2. The molecule has 0 aliphatic carbocycles. The van der Waals surface area contributed by atoms with Gasteiger partial charge >= 0.3 is 5.97 Å². The van der Waals surface area contributed by atoms with Crippen molar-refractivity contribution in [3.63, 3.8) is 0 Å². The van der Waals surface area contributed by atoms with Crippen LogP contribution in [0.2, 0.25) is 0 Å². The monoisotopic (exact) mass is 202 g/mol. The minimum Gasteiger partial charge on any atom is -0.478 e. The summed E-state index contributed by atoms with van der Waals surface area (Å²) < 4.78 is 1.71. The Morgan fingerprint density at radius 1 is 1.27 bits per heavy atom. The van der Waals surface area contributed by atoms with E-state index < -0.39 is 5.97 Å². The van der Waals surface area contributed by atoms with E-state index >= 15 is 0 Å². The molecule has 0 spiro atoms. The van der Waals surface area contributed by atoms with Crippen LogP contribution in [0.4, 0.5) is 0 Å². The summed E-state index contributed by atoms with van der Waals surface area (Å²) in [5.41, 5.74) is 2.06. The largest absolute Gasteiger partial charge is 0.478 e. The van der Waals surface area contributed by atoms with Gasteiger partial charge in [0.1, 0.15) is 0 Å². The van der Waals surface area contributed by atoms with E-state index in [1.54, 1.807) is 28.9 Å². The molecule has 1 aromatic heterocycles. The minimum absolute atomic E-state index is 0.280. The van der Waals surface area contributed by atoms with Gasteiger partial charge in [-0.05, 0) is 37.3 Å². The van der Waals surface area contributed by atoms with Gasteiger partial charge in [0.15, 0.2) is 0 Å². The number of carbonyl (C=O) groups is 1. The Morgan fingerprint density at radius 3 is 2.40 bits per heavy atom. The van der Waals surface area contributed by atoms with Gasteiger partial charge in [0.2, 0.25) is 0 Å². The van der Waals surface area contributed by atoms with Gasteiger partial charge in [0.25, 0.3) is 0 Å². The van der Waals surface area contributed by atoms with E-state index in [2.05, 4.69) is 5.10 Å². The zero-order valence-electron chi connectivity index (χ0n) is 8.21. The SMILES string of the molecule is Cc1ccn(-c2ccc(C(=O)O)cc2)n1. The van der Waals surface area contributed by atoms with Crippen molar-refractivity contribution < 1.29 is 9.90 Å². The lowest BCUT2D eigenvalue weighted by molar-refractivity contribution is 0.0697. The molecule has 0 aliphatic heterocycles. The fourth-order valence-corrected chi connectivity index (χ4v) is 1.32. The van der Waals surface area contributed by atoms with Crippen molar-refractivity contribution in [1.29, 1.82) is 0 Å². The zero-order chi connectivity index (χ0) is 10.8. The maximum atomic E-state index is 10.6. The molecule has 0 radical (unpaired) electrons. The Bertz CT molecular complexity index is 486. The van der Waals surface area contributed by atoms with Gasteiger partial charge in [-0.1, -0.05) is 0 Å². The molecule has 0 atom stereocenters. The van der Waals surface area contributed by atoms with Gasteiger partial charge in [-0.25, -0.2) is 9.48 Å². The molecule has 4 heteroatoms. The third-order valence-electron chi connectivity index (χ3n) is 2.10. The van der Waals surface area contributed by atoms with Crippen LogP contribution in [-0.2, 0) is 0 Å². The molecule has 15 heavy (non-hydrogen) atoms. The molecule has 4 nitrogen and oxygen atoms in total. The second-order valence-electron chi connectivity index (χ2n) is 3.25. The number of hydrogen-bond donors (Lipinski definition) is 1. The molecular weight excluding hydrogens is 192 g/mol. The molecule has 0 aliphatic rings. The fraction of sp³-hybridized carbons (Fsp3) is 0.0909. The summed E-state index contributed by atoms with van der Waals surface area (Å²) in [7, 11) is 0. The first-order chi connectivity index (χ1) is 7.16. The van der Waals surface area contributed by atoms with Crippen molar-refractivity contribution in [3.8, 4) is 5.69 Å². The Kier molecular flexibility index (Phi) is 2.25. The lowest BCUT2D eigenvalue weighted by atomic mass is 10.2. The average Bonchev–Trinajstić information content (AvgIpc) is 2.65. The van der Waals surface area contributed by atoms with Crippen LogP contribution in [0, 0.1) is 6.92 Å². The number of aryl methyl sites for hydroxylation is 1. The van der Waals surface area contributed by atoms with E-state index in [0.717, 1.165) is 11.4 Å². The molecule has 1 aromatic carbocycles. The Labute approximate surface area is 86.8 Å². The molecular formula is C11H10N2O2. The summed E-state index contributed by atoms with van der Waals surface area (Å²) in [6, 6.07) is 8.49. The molecule has 76 valence electrons. The summed E-state index contributed by atoms with van der Waals surface area (Å²) in [5, 5.41) is 13.0. The van der Waals surface area contributed by atoms with Gasteiger partial charge in [-0.3, -0.25) is 0 Å². The number of carboxylic acids is 1. The van der Waals surface area contributed by atoms with Crippen LogP contribution in [0.25, 0.3) is 5.69 Å². The predicted molar refractivity (Wildman–Crippen MR) is 55.3 cm³/mol. The lowest BCUT2D eigenvalue weighted by Gasteiger charge is -2.01. The van der Waals surface area contributed by atoms with Gasteiger partial charge in [-0.15, -0.1) is 0 Å². The average molecular weight is 202 g/mol. The van der Waals surface area contributed by atoms with Crippen molar-refractivity contribution in [2.45, 2.75) is 6.92 Å². The highest BCUT2D eigenvalue weighted by Crippen LogP contribution is 2.09. The molecule has 0 fully saturated rings. The van der Waals surface area contributed by atoms with Gasteiger partial charge in [0, 0.05) is 6.20 Å². The van der Waals surface area contributed by atoms with E-state index in [1.165, 1.54) is 0 Å². The third kappa shape index (κ3) is 1.88. The molecule has 0 unspecified atom stereocenters. The smallest absolute Gasteiger partial charge is 0.335 e. The van der Waals surface area contributed by atoms with Crippen molar-refractivity contribution in [2.24, 2.45) is 0 Å². The summed E-state index contributed by atoms with van der Waals surface area (Å²) in [5.74, 6) is -0.918. The zero-order valence-corrected chi connectivity index (χ0v) is 8.21. The number of aromatic nitrogens is 2. The first-order valence-corrected chi connectivity index (χ1v) is 4.53. The van der Waals surface area contributed by atoms with Crippen molar-refractivity contribution >= 4 is 5.97 Å². The normalized spacial score (nSPS) is 10.2. The van der Waals surface area contributed by atoms with E-state index in [4.69, 9.17) is 5.11 Å². The molecule has 2 aromatic rings. The Balaban J connectivity index is 2.35. The number of aromatic carboxylic acids is 1. The standard InChI is InChI=1S/C11H10N2O2/c1-8-6-7-13(12-8)10-4-2-9(3-5-10)11(14)15/h2-7H,1H3,(H,14,15). The lowest BCUT2D eigenvalue weighted by Crippen LogP contribution is -1.98. The van der Waals surface area contributed by atoms with Gasteiger partial charge in [-0.2, -0.15) is 5.10 Å². The highest BCUT2D eigenvalue weighted by molar-refractivity contribution is 5.87. The molecule has 2 rings (SSSR count). The van der Waals surface area contributed by atoms with Crippen molar-refractivity contribution in [3.05, 3.63) is 47.8 Å². The number of nitrogens with zero attached hydrogens (tertiary/aromatic N) is 2. The Hall–Kier alpha value is -2.10. The first kappa shape index (κ1) is 9.45. The summed E-state index contributed by atoms with van der Waals surface area (Å²) in [6.45, 7) is 1.90. The van der Waals surface area contributed by atoms with Crippen LogP contribution in [0.1, 0.15) is 16.1 Å². The maximum absolute atomic E-state index is 10.6. The quantitative estimate of drug-likeness (QED) is 0.808. The highest BCUT2D eigenvalue weighted by atomic mass is 16.4. The van der Waals surface area contributed by atoms with Crippen molar-refractivity contribution in [2.75, 3.05) is 0 Å². The number of carboxylic acid groups (broad SMARTS) is 1. The second-order valence-corrected chi connectivity index (χ2v) is 3.25. The van der Waals surface area contributed by atoms with Gasteiger partial charge in [0.05, 0.1) is 16.9 Å². The molecule has 0 saturated carbocycles. The predicted octanol–water partition coefficient (Wildman–Crippen LogP) is 1.88. The molecule has 0 bridgehead atoms. The summed E-state index contributed by atoms with van der Waals surface area (Å²) >= 11 is 0. The highest BCUT2D eigenvalue weighted by Gasteiger charge is 2.02.